The van der Waals surface area contributed by atoms with Crippen LogP contribution in [0.3, 0.4) is 0 Å². The highest BCUT2D eigenvalue weighted by molar-refractivity contribution is 6.02. The highest BCUT2D eigenvalue weighted by Crippen LogP contribution is 2.26. The van der Waals surface area contributed by atoms with Crippen molar-refractivity contribution in [3.63, 3.8) is 0 Å². The molecular weight excluding hydrogens is 254 g/mol. The van der Waals surface area contributed by atoms with Crippen LogP contribution in [0.25, 0.3) is 21.9 Å². The van der Waals surface area contributed by atoms with Gasteiger partial charge in [0.2, 0.25) is 0 Å². The summed E-state index contributed by atoms with van der Waals surface area (Å²) in [4.78, 5) is 17.5. The lowest BCUT2D eigenvalue weighted by molar-refractivity contribution is 0.386. The summed E-state index contributed by atoms with van der Waals surface area (Å²) in [6.45, 7) is 3.60. The predicted molar refractivity (Wildman–Crippen MR) is 79.1 cm³/mol. The smallest absolute Gasteiger partial charge is 0.406 e. The van der Waals surface area contributed by atoms with Gasteiger partial charge in [0.15, 0.2) is 5.58 Å². The third-order valence-electron chi connectivity index (χ3n) is 3.51. The Labute approximate surface area is 116 Å². The van der Waals surface area contributed by atoms with Gasteiger partial charge in [0.05, 0.1) is 11.2 Å². The summed E-state index contributed by atoms with van der Waals surface area (Å²) in [7, 11) is 4.08. The number of rotatable bonds is 3. The summed E-state index contributed by atoms with van der Waals surface area (Å²) in [6.07, 6.45) is 2.03. The van der Waals surface area contributed by atoms with E-state index >= 15 is 0 Å². The third kappa shape index (κ3) is 2.10. The molecule has 0 saturated carbocycles. The minimum Gasteiger partial charge on any atom is -0.406 e. The molecule has 0 aliphatic rings. The lowest BCUT2D eigenvalue weighted by atomic mass is 10.1. The molecular formula is C15H17N3O2. The molecule has 3 aromatic rings. The van der Waals surface area contributed by atoms with Crippen molar-refractivity contribution in [3.8, 4) is 0 Å². The van der Waals surface area contributed by atoms with Gasteiger partial charge < -0.3 is 13.9 Å². The molecule has 0 N–H and O–H groups in total. The first-order valence-electron chi connectivity index (χ1n) is 6.60. The molecule has 0 spiro atoms. The Kier molecular flexibility index (Phi) is 3.06. The molecule has 0 fully saturated rings. The van der Waals surface area contributed by atoms with Crippen LogP contribution >= 0.6 is 0 Å². The van der Waals surface area contributed by atoms with Crippen LogP contribution in [0, 0.1) is 6.92 Å². The van der Waals surface area contributed by atoms with Crippen LogP contribution in [-0.4, -0.2) is 35.1 Å². The maximum Gasteiger partial charge on any atom is 0.439 e. The number of benzene rings is 1. The number of fused-ring (bicyclic) bond motifs is 3. The van der Waals surface area contributed by atoms with Gasteiger partial charge in [-0.15, -0.1) is 0 Å². The number of hydrogen-bond acceptors (Lipinski definition) is 4. The van der Waals surface area contributed by atoms with E-state index in [4.69, 9.17) is 4.42 Å². The van der Waals surface area contributed by atoms with Gasteiger partial charge in [-0.25, -0.2) is 4.79 Å². The lowest BCUT2D eigenvalue weighted by Crippen LogP contribution is -2.18. The Morgan fingerprint density at radius 2 is 2.10 bits per heavy atom. The molecule has 0 radical (unpaired) electrons. The topological polar surface area (TPSA) is 51.3 Å². The minimum atomic E-state index is -0.539. The average Bonchev–Trinajstić information content (AvgIpc) is 2.79. The van der Waals surface area contributed by atoms with E-state index < -0.39 is 5.76 Å². The van der Waals surface area contributed by atoms with E-state index in [0.29, 0.717) is 11.3 Å². The van der Waals surface area contributed by atoms with Crippen molar-refractivity contribution >= 4 is 21.9 Å². The fraction of sp³-hybridized carbons (Fsp3) is 0.333. The van der Waals surface area contributed by atoms with Gasteiger partial charge in [-0.2, -0.15) is 4.98 Å². The molecule has 0 aliphatic heterocycles. The first kappa shape index (κ1) is 12.9. The number of likely N-dealkylation sites (N-methyl/N-ethyl adjacent to an activating group) is 1. The van der Waals surface area contributed by atoms with Crippen molar-refractivity contribution in [2.24, 2.45) is 0 Å². The van der Waals surface area contributed by atoms with Gasteiger partial charge in [-0.1, -0.05) is 6.07 Å². The van der Waals surface area contributed by atoms with E-state index in [2.05, 4.69) is 14.5 Å². The summed E-state index contributed by atoms with van der Waals surface area (Å²) in [5, 5.41) is 1.96. The molecule has 0 bridgehead atoms. The molecule has 0 aliphatic carbocycles. The Balaban J connectivity index is 2.28. The van der Waals surface area contributed by atoms with E-state index in [1.165, 1.54) is 0 Å². The summed E-state index contributed by atoms with van der Waals surface area (Å²) < 4.78 is 7.49. The van der Waals surface area contributed by atoms with Crippen molar-refractivity contribution in [1.29, 1.82) is 0 Å². The maximum atomic E-state index is 11.6. The molecule has 0 saturated heterocycles. The van der Waals surface area contributed by atoms with Crippen LogP contribution in [-0.2, 0) is 6.54 Å². The fourth-order valence-corrected chi connectivity index (χ4v) is 2.45. The molecule has 0 amide bonds. The number of aryl methyl sites for hydroxylation is 1. The summed E-state index contributed by atoms with van der Waals surface area (Å²) in [5.41, 5.74) is 2.30. The quantitative estimate of drug-likeness (QED) is 0.731. The van der Waals surface area contributed by atoms with Crippen molar-refractivity contribution in [2.45, 2.75) is 13.5 Å². The van der Waals surface area contributed by atoms with Gasteiger partial charge >= 0.3 is 5.76 Å². The second-order valence-electron chi connectivity index (χ2n) is 5.26. The molecule has 0 unspecified atom stereocenters. The molecule has 0 atom stereocenters. The monoisotopic (exact) mass is 271 g/mol. The molecule has 2 aromatic heterocycles. The van der Waals surface area contributed by atoms with Crippen LogP contribution in [0.5, 0.6) is 0 Å². The minimum absolute atomic E-state index is 0.539. The summed E-state index contributed by atoms with van der Waals surface area (Å²) in [6, 6.07) is 6.04. The predicted octanol–water partition coefficient (Wildman–Crippen LogP) is 2.01. The highest BCUT2D eigenvalue weighted by Gasteiger charge is 2.11. The van der Waals surface area contributed by atoms with Crippen LogP contribution in [0.1, 0.15) is 5.69 Å². The molecule has 20 heavy (non-hydrogen) atoms. The SMILES string of the molecule is Cc1nc(=O)oc2c1ccc1ccn(CCN(C)C)c12. The van der Waals surface area contributed by atoms with Crippen molar-refractivity contribution in [2.75, 3.05) is 20.6 Å². The second kappa shape index (κ2) is 4.76. The zero-order chi connectivity index (χ0) is 14.3. The highest BCUT2D eigenvalue weighted by atomic mass is 16.4. The Morgan fingerprint density at radius 3 is 2.85 bits per heavy atom. The summed E-state index contributed by atoms with van der Waals surface area (Å²) >= 11 is 0. The molecule has 1 aromatic carbocycles. The van der Waals surface area contributed by atoms with E-state index in [1.54, 1.807) is 0 Å². The molecule has 2 heterocycles. The van der Waals surface area contributed by atoms with E-state index in [-0.39, 0.29) is 0 Å². The largest absolute Gasteiger partial charge is 0.439 e. The van der Waals surface area contributed by atoms with E-state index in [0.717, 1.165) is 29.4 Å². The standard InChI is InChI=1S/C15H17N3O2/c1-10-12-5-4-11-6-7-18(9-8-17(2)3)13(11)14(12)20-15(19)16-10/h4-7H,8-9H2,1-3H3. The van der Waals surface area contributed by atoms with Gasteiger partial charge in [0.25, 0.3) is 0 Å². The molecule has 3 rings (SSSR count). The normalized spacial score (nSPS) is 11.8. The van der Waals surface area contributed by atoms with Gasteiger partial charge in [-0.05, 0) is 33.2 Å². The van der Waals surface area contributed by atoms with Gasteiger partial charge in [-0.3, -0.25) is 0 Å². The average molecular weight is 271 g/mol. The summed E-state index contributed by atoms with van der Waals surface area (Å²) in [5.74, 6) is -0.539. The number of hydrogen-bond donors (Lipinski definition) is 0. The lowest BCUT2D eigenvalue weighted by Gasteiger charge is -2.12. The van der Waals surface area contributed by atoms with E-state index in [1.807, 2.05) is 45.4 Å². The van der Waals surface area contributed by atoms with Gasteiger partial charge in [0, 0.05) is 30.1 Å². The van der Waals surface area contributed by atoms with E-state index in [9.17, 15) is 4.79 Å². The first-order chi connectivity index (χ1) is 9.56. The van der Waals surface area contributed by atoms with Crippen molar-refractivity contribution in [3.05, 3.63) is 40.6 Å². The van der Waals surface area contributed by atoms with Gasteiger partial charge in [0.1, 0.15) is 0 Å². The molecule has 104 valence electrons. The zero-order valence-corrected chi connectivity index (χ0v) is 11.9. The fourth-order valence-electron chi connectivity index (χ4n) is 2.45. The Morgan fingerprint density at radius 1 is 1.30 bits per heavy atom. The van der Waals surface area contributed by atoms with Crippen molar-refractivity contribution < 1.29 is 4.42 Å². The Hall–Kier alpha value is -2.14. The van der Waals surface area contributed by atoms with Crippen LogP contribution in [0.15, 0.2) is 33.6 Å². The first-order valence-corrected chi connectivity index (χ1v) is 6.60. The maximum absolute atomic E-state index is 11.6. The third-order valence-corrected chi connectivity index (χ3v) is 3.51. The second-order valence-corrected chi connectivity index (χ2v) is 5.26. The van der Waals surface area contributed by atoms with Crippen LogP contribution in [0.2, 0.25) is 0 Å². The number of aromatic nitrogens is 2. The Bertz CT molecular complexity index is 830. The number of nitrogens with zero attached hydrogens (tertiary/aromatic N) is 3. The van der Waals surface area contributed by atoms with Crippen LogP contribution < -0.4 is 5.76 Å². The molecule has 5 heteroatoms. The van der Waals surface area contributed by atoms with Crippen molar-refractivity contribution in [1.82, 2.24) is 14.5 Å². The van der Waals surface area contributed by atoms with Crippen LogP contribution in [0.4, 0.5) is 0 Å². The molecule has 5 nitrogen and oxygen atoms in total. The zero-order valence-electron chi connectivity index (χ0n) is 11.9.